The summed E-state index contributed by atoms with van der Waals surface area (Å²) < 4.78 is 17.9. The van der Waals surface area contributed by atoms with E-state index in [9.17, 15) is 14.0 Å². The zero-order valence-corrected chi connectivity index (χ0v) is 6.67. The van der Waals surface area contributed by atoms with Gasteiger partial charge in [-0.1, -0.05) is 0 Å². The lowest BCUT2D eigenvalue weighted by atomic mass is 10.1. The van der Waals surface area contributed by atoms with Crippen molar-refractivity contribution in [3.63, 3.8) is 0 Å². The van der Waals surface area contributed by atoms with Crippen LogP contribution in [0.25, 0.3) is 0 Å². The summed E-state index contributed by atoms with van der Waals surface area (Å²) in [5, 5.41) is 0. The number of Topliss-reactive ketones (excluding diaryl/α,β-unsaturated/α-hetero) is 1. The first-order chi connectivity index (χ1) is 5.62. The summed E-state index contributed by atoms with van der Waals surface area (Å²) in [4.78, 5) is 21.9. The largest absolute Gasteiger partial charge is 0.467 e. The Balaban J connectivity index is 2.19. The normalized spacial score (nSPS) is 44.0. The van der Waals surface area contributed by atoms with Gasteiger partial charge in [0, 0.05) is 12.3 Å². The molecule has 0 amide bonds. The number of carbonyl (C=O) groups is 2. The van der Waals surface area contributed by atoms with Crippen molar-refractivity contribution in [2.45, 2.75) is 18.5 Å². The maximum Gasteiger partial charge on any atom is 0.344 e. The SMILES string of the molecule is COC(=O)[C@@]1(F)[C@@H]2C(=O)CC[C@@H]21. The predicted molar refractivity (Wildman–Crippen MR) is 37.1 cm³/mol. The second-order valence-electron chi connectivity index (χ2n) is 3.35. The number of hydrogen-bond donors (Lipinski definition) is 0. The van der Waals surface area contributed by atoms with Crippen molar-refractivity contribution < 1.29 is 18.7 Å². The Labute approximate surface area is 68.9 Å². The lowest BCUT2D eigenvalue weighted by molar-refractivity contribution is -0.151. The van der Waals surface area contributed by atoms with Crippen LogP contribution in [0.5, 0.6) is 0 Å². The molecule has 0 aromatic heterocycles. The van der Waals surface area contributed by atoms with Crippen molar-refractivity contribution >= 4 is 11.8 Å². The van der Waals surface area contributed by atoms with Crippen LogP contribution in [0, 0.1) is 11.8 Å². The number of fused-ring (bicyclic) bond motifs is 1. The predicted octanol–water partition coefficient (Wildman–Crippen LogP) is 0.477. The average molecular weight is 172 g/mol. The molecule has 2 rings (SSSR count). The van der Waals surface area contributed by atoms with Gasteiger partial charge in [-0.25, -0.2) is 9.18 Å². The number of ether oxygens (including phenoxy) is 1. The first-order valence-electron chi connectivity index (χ1n) is 3.92. The molecular weight excluding hydrogens is 163 g/mol. The van der Waals surface area contributed by atoms with Gasteiger partial charge < -0.3 is 4.74 Å². The minimum atomic E-state index is -1.97. The van der Waals surface area contributed by atoms with Gasteiger partial charge in [-0.05, 0) is 6.42 Å². The zero-order chi connectivity index (χ0) is 8.93. The molecule has 0 aromatic carbocycles. The van der Waals surface area contributed by atoms with E-state index in [1.54, 1.807) is 0 Å². The Hall–Kier alpha value is -0.930. The molecule has 12 heavy (non-hydrogen) atoms. The third-order valence-electron chi connectivity index (χ3n) is 2.83. The van der Waals surface area contributed by atoms with Crippen molar-refractivity contribution in [2.75, 3.05) is 7.11 Å². The van der Waals surface area contributed by atoms with Crippen molar-refractivity contribution in [2.24, 2.45) is 11.8 Å². The number of rotatable bonds is 1. The van der Waals surface area contributed by atoms with Gasteiger partial charge in [0.15, 0.2) is 0 Å². The molecule has 3 nitrogen and oxygen atoms in total. The third-order valence-corrected chi connectivity index (χ3v) is 2.83. The van der Waals surface area contributed by atoms with Crippen LogP contribution in [0.3, 0.4) is 0 Å². The van der Waals surface area contributed by atoms with Gasteiger partial charge in [-0.3, -0.25) is 4.79 Å². The molecule has 0 heterocycles. The summed E-state index contributed by atoms with van der Waals surface area (Å²) in [6.07, 6.45) is 0.910. The van der Waals surface area contributed by atoms with Crippen LogP contribution in [-0.2, 0) is 14.3 Å². The Morgan fingerprint density at radius 1 is 1.75 bits per heavy atom. The third kappa shape index (κ3) is 0.653. The molecule has 0 spiro atoms. The van der Waals surface area contributed by atoms with E-state index in [0.717, 1.165) is 7.11 Å². The maximum atomic E-state index is 13.6. The standard InChI is InChI=1S/C8H9FO3/c1-12-7(11)8(9)4-2-3-5(10)6(4)8/h4,6H,2-3H2,1H3/t4-,6-,8-/m0/s1. The van der Waals surface area contributed by atoms with Gasteiger partial charge in [0.25, 0.3) is 0 Å². The fraction of sp³-hybridized carbons (Fsp3) is 0.750. The summed E-state index contributed by atoms with van der Waals surface area (Å²) in [7, 11) is 1.14. The van der Waals surface area contributed by atoms with Crippen LogP contribution < -0.4 is 0 Å². The van der Waals surface area contributed by atoms with E-state index in [4.69, 9.17) is 0 Å². The van der Waals surface area contributed by atoms with Crippen LogP contribution in [0.4, 0.5) is 4.39 Å². The molecule has 2 saturated carbocycles. The Morgan fingerprint density at radius 3 is 2.83 bits per heavy atom. The Morgan fingerprint density at radius 2 is 2.42 bits per heavy atom. The van der Waals surface area contributed by atoms with Crippen LogP contribution in [0.1, 0.15) is 12.8 Å². The smallest absolute Gasteiger partial charge is 0.344 e. The van der Waals surface area contributed by atoms with Crippen molar-refractivity contribution in [3.8, 4) is 0 Å². The minimum Gasteiger partial charge on any atom is -0.467 e. The lowest BCUT2D eigenvalue weighted by Crippen LogP contribution is -2.26. The highest BCUT2D eigenvalue weighted by Crippen LogP contribution is 2.61. The van der Waals surface area contributed by atoms with Gasteiger partial charge in [0.05, 0.1) is 13.0 Å². The van der Waals surface area contributed by atoms with E-state index in [0.29, 0.717) is 12.8 Å². The molecule has 0 aliphatic heterocycles. The molecule has 0 N–H and O–H groups in total. The number of carbonyl (C=O) groups excluding carboxylic acids is 2. The highest BCUT2D eigenvalue weighted by atomic mass is 19.1. The molecule has 0 radical (unpaired) electrons. The van der Waals surface area contributed by atoms with Crippen LogP contribution in [-0.4, -0.2) is 24.5 Å². The molecular formula is C8H9FO3. The summed E-state index contributed by atoms with van der Waals surface area (Å²) in [5.74, 6) is -2.10. The average Bonchev–Trinajstić information content (AvgIpc) is 2.44. The number of esters is 1. The van der Waals surface area contributed by atoms with Gasteiger partial charge >= 0.3 is 5.97 Å². The zero-order valence-electron chi connectivity index (χ0n) is 6.67. The summed E-state index contributed by atoms with van der Waals surface area (Å²) in [5.41, 5.74) is -1.97. The topological polar surface area (TPSA) is 43.4 Å². The number of ketones is 1. The molecule has 2 fully saturated rings. The first-order valence-corrected chi connectivity index (χ1v) is 3.92. The fourth-order valence-corrected chi connectivity index (χ4v) is 2.15. The van der Waals surface area contributed by atoms with Crippen LogP contribution in [0.2, 0.25) is 0 Å². The first kappa shape index (κ1) is 7.71. The molecule has 4 heteroatoms. The second-order valence-corrected chi connectivity index (χ2v) is 3.35. The molecule has 2 aliphatic rings. The van der Waals surface area contributed by atoms with Crippen molar-refractivity contribution in [3.05, 3.63) is 0 Å². The van der Waals surface area contributed by atoms with Crippen LogP contribution >= 0.6 is 0 Å². The van der Waals surface area contributed by atoms with Crippen LogP contribution in [0.15, 0.2) is 0 Å². The van der Waals surface area contributed by atoms with E-state index >= 15 is 0 Å². The number of methoxy groups -OCH3 is 1. The van der Waals surface area contributed by atoms with Gasteiger partial charge in [0.1, 0.15) is 5.78 Å². The lowest BCUT2D eigenvalue weighted by Gasteiger charge is -2.06. The maximum absolute atomic E-state index is 13.6. The molecule has 66 valence electrons. The molecule has 3 atom stereocenters. The molecule has 0 unspecified atom stereocenters. The number of alkyl halides is 1. The molecule has 0 bridgehead atoms. The van der Waals surface area contributed by atoms with Crippen molar-refractivity contribution in [1.82, 2.24) is 0 Å². The summed E-state index contributed by atoms with van der Waals surface area (Å²) in [6.45, 7) is 0. The van der Waals surface area contributed by atoms with Gasteiger partial charge in [-0.15, -0.1) is 0 Å². The van der Waals surface area contributed by atoms with Gasteiger partial charge in [0.2, 0.25) is 5.67 Å². The van der Waals surface area contributed by atoms with E-state index in [2.05, 4.69) is 4.74 Å². The molecule has 2 aliphatic carbocycles. The Bertz CT molecular complexity index is 263. The van der Waals surface area contributed by atoms with E-state index < -0.39 is 23.5 Å². The number of hydrogen-bond acceptors (Lipinski definition) is 3. The van der Waals surface area contributed by atoms with E-state index in [-0.39, 0.29) is 5.78 Å². The highest BCUT2D eigenvalue weighted by Gasteiger charge is 2.77. The second kappa shape index (κ2) is 2.06. The quantitative estimate of drug-likeness (QED) is 0.540. The monoisotopic (exact) mass is 172 g/mol. The summed E-state index contributed by atoms with van der Waals surface area (Å²) in [6, 6.07) is 0. The summed E-state index contributed by atoms with van der Waals surface area (Å²) >= 11 is 0. The van der Waals surface area contributed by atoms with Crippen molar-refractivity contribution in [1.29, 1.82) is 0 Å². The highest BCUT2D eigenvalue weighted by molar-refractivity contribution is 5.99. The molecule has 0 aromatic rings. The Kier molecular flexibility index (Phi) is 1.32. The minimum absolute atomic E-state index is 0.132. The molecule has 0 saturated heterocycles. The van der Waals surface area contributed by atoms with E-state index in [1.807, 2.05) is 0 Å². The fourth-order valence-electron chi connectivity index (χ4n) is 2.15. The number of halogens is 1. The van der Waals surface area contributed by atoms with Gasteiger partial charge in [-0.2, -0.15) is 0 Å². The van der Waals surface area contributed by atoms with E-state index in [1.165, 1.54) is 0 Å².